The molecule has 0 unspecified atom stereocenters. The van der Waals surface area contributed by atoms with E-state index in [1.165, 1.54) is 6.92 Å². The van der Waals surface area contributed by atoms with Gasteiger partial charge in [-0.15, -0.1) is 5.92 Å². The van der Waals surface area contributed by atoms with Crippen molar-refractivity contribution in [2.24, 2.45) is 0 Å². The predicted molar refractivity (Wildman–Crippen MR) is 43.7 cm³/mol. The molecule has 0 saturated carbocycles. The summed E-state index contributed by atoms with van der Waals surface area (Å²) >= 11 is 0. The molecule has 0 aromatic rings. The highest BCUT2D eigenvalue weighted by Gasteiger charge is 2.16. The molecule has 0 bridgehead atoms. The van der Waals surface area contributed by atoms with Crippen molar-refractivity contribution in [3.63, 3.8) is 0 Å². The van der Waals surface area contributed by atoms with Crippen molar-refractivity contribution in [3.05, 3.63) is 0 Å². The number of nitrogens with zero attached hydrogens (tertiary/aromatic N) is 1. The highest BCUT2D eigenvalue weighted by molar-refractivity contribution is 5.71. The van der Waals surface area contributed by atoms with E-state index in [2.05, 4.69) is 11.8 Å². The Morgan fingerprint density at radius 1 is 1.75 bits per heavy atom. The maximum atomic E-state index is 10.5. The molecule has 0 aliphatic rings. The lowest BCUT2D eigenvalue weighted by atomic mass is 10.3. The third kappa shape index (κ3) is 3.06. The second-order valence-corrected chi connectivity index (χ2v) is 2.21. The van der Waals surface area contributed by atoms with Crippen LogP contribution in [0.25, 0.3) is 0 Å². The molecule has 0 spiro atoms. The first-order chi connectivity index (χ1) is 5.63. The highest BCUT2D eigenvalue weighted by atomic mass is 16.4. The van der Waals surface area contributed by atoms with E-state index in [-0.39, 0.29) is 6.54 Å². The van der Waals surface area contributed by atoms with Crippen LogP contribution in [-0.2, 0) is 4.79 Å². The molecule has 0 saturated heterocycles. The van der Waals surface area contributed by atoms with E-state index in [9.17, 15) is 9.59 Å². The van der Waals surface area contributed by atoms with Crippen LogP contribution in [0.1, 0.15) is 13.8 Å². The zero-order valence-electron chi connectivity index (χ0n) is 7.07. The Balaban J connectivity index is 4.28. The number of carbonyl (C=O) groups is 2. The normalized spacial score (nSPS) is 10.8. The molecule has 0 rings (SSSR count). The van der Waals surface area contributed by atoms with Gasteiger partial charge in [0.05, 0.1) is 12.6 Å². The summed E-state index contributed by atoms with van der Waals surface area (Å²) < 4.78 is 0. The van der Waals surface area contributed by atoms with Crippen molar-refractivity contribution in [1.82, 2.24) is 4.90 Å². The van der Waals surface area contributed by atoms with Crippen LogP contribution in [0, 0.1) is 11.8 Å². The smallest absolute Gasteiger partial charge is 0.408 e. The van der Waals surface area contributed by atoms with Gasteiger partial charge in [-0.1, -0.05) is 5.92 Å². The lowest BCUT2D eigenvalue weighted by molar-refractivity contribution is -0.111. The summed E-state index contributed by atoms with van der Waals surface area (Å²) in [7, 11) is 0. The van der Waals surface area contributed by atoms with E-state index in [4.69, 9.17) is 5.11 Å². The van der Waals surface area contributed by atoms with Gasteiger partial charge in [0, 0.05) is 0 Å². The molecule has 4 nitrogen and oxygen atoms in total. The minimum atomic E-state index is -1.13. The molecule has 0 aliphatic carbocycles. The van der Waals surface area contributed by atoms with Gasteiger partial charge in [-0.05, 0) is 13.8 Å². The monoisotopic (exact) mass is 169 g/mol. The third-order valence-corrected chi connectivity index (χ3v) is 1.36. The summed E-state index contributed by atoms with van der Waals surface area (Å²) in [6, 6.07) is -0.636. The van der Waals surface area contributed by atoms with E-state index < -0.39 is 12.1 Å². The van der Waals surface area contributed by atoms with Crippen LogP contribution in [0.4, 0.5) is 4.79 Å². The molecule has 0 aliphatic heterocycles. The molecule has 4 heteroatoms. The molecule has 0 heterocycles. The number of hydrogen-bond donors (Lipinski definition) is 1. The van der Waals surface area contributed by atoms with E-state index in [0.717, 1.165) is 4.90 Å². The quantitative estimate of drug-likeness (QED) is 0.496. The van der Waals surface area contributed by atoms with Crippen LogP contribution < -0.4 is 0 Å². The molecule has 0 fully saturated rings. The van der Waals surface area contributed by atoms with Gasteiger partial charge >= 0.3 is 6.09 Å². The maximum Gasteiger partial charge on any atom is 0.408 e. The van der Waals surface area contributed by atoms with Gasteiger partial charge in [0.1, 0.15) is 6.29 Å². The van der Waals surface area contributed by atoms with Gasteiger partial charge in [-0.3, -0.25) is 4.90 Å². The number of carboxylic acid groups (broad SMARTS) is 1. The van der Waals surface area contributed by atoms with Gasteiger partial charge in [0.25, 0.3) is 0 Å². The lowest BCUT2D eigenvalue weighted by Crippen LogP contribution is -2.38. The van der Waals surface area contributed by atoms with Gasteiger partial charge in [-0.2, -0.15) is 0 Å². The molecule has 1 amide bonds. The minimum absolute atomic E-state index is 0.0751. The van der Waals surface area contributed by atoms with Crippen molar-refractivity contribution in [1.29, 1.82) is 0 Å². The number of carbonyl (C=O) groups excluding carboxylic acids is 1. The Labute approximate surface area is 71.2 Å². The van der Waals surface area contributed by atoms with Crippen molar-refractivity contribution in [2.45, 2.75) is 19.9 Å². The standard InChI is InChI=1S/C8H11NO3/c1-3-4-5-9(8(11)12)7(2)6-10/h6-7H,5H2,1-2H3,(H,11,12)/t7-/m1/s1. The van der Waals surface area contributed by atoms with Gasteiger partial charge in [-0.25, -0.2) is 4.79 Å². The zero-order chi connectivity index (χ0) is 9.56. The van der Waals surface area contributed by atoms with Crippen LogP contribution in [0.5, 0.6) is 0 Å². The molecule has 0 aromatic heterocycles. The Kier molecular flexibility index (Phi) is 4.54. The van der Waals surface area contributed by atoms with Gasteiger partial charge in [0.2, 0.25) is 0 Å². The Bertz CT molecular complexity index is 226. The molecule has 0 aromatic carbocycles. The summed E-state index contributed by atoms with van der Waals surface area (Å²) in [6.45, 7) is 3.20. The molecular formula is C8H11NO3. The first-order valence-corrected chi connectivity index (χ1v) is 3.48. The second-order valence-electron chi connectivity index (χ2n) is 2.21. The molecule has 1 atom stereocenters. The minimum Gasteiger partial charge on any atom is -0.465 e. The zero-order valence-corrected chi connectivity index (χ0v) is 7.07. The largest absolute Gasteiger partial charge is 0.465 e. The summed E-state index contributed by atoms with van der Waals surface area (Å²) in [4.78, 5) is 21.7. The molecule has 1 N–H and O–H groups in total. The molecular weight excluding hydrogens is 158 g/mol. The van der Waals surface area contributed by atoms with E-state index in [1.807, 2.05) is 0 Å². The first-order valence-electron chi connectivity index (χ1n) is 3.48. The Morgan fingerprint density at radius 2 is 2.33 bits per heavy atom. The number of aldehydes is 1. The second kappa shape index (κ2) is 5.19. The summed E-state index contributed by atoms with van der Waals surface area (Å²) in [5.41, 5.74) is 0. The number of amides is 1. The highest BCUT2D eigenvalue weighted by Crippen LogP contribution is 1.95. The Morgan fingerprint density at radius 3 is 2.67 bits per heavy atom. The molecule has 12 heavy (non-hydrogen) atoms. The average Bonchev–Trinajstić information content (AvgIpc) is 2.04. The maximum absolute atomic E-state index is 10.5. The van der Waals surface area contributed by atoms with Crippen LogP contribution >= 0.6 is 0 Å². The molecule has 0 radical (unpaired) electrons. The predicted octanol–water partition coefficient (Wildman–Crippen LogP) is 0.577. The van der Waals surface area contributed by atoms with E-state index in [0.29, 0.717) is 6.29 Å². The topological polar surface area (TPSA) is 57.6 Å². The Hall–Kier alpha value is -1.50. The fraction of sp³-hybridized carbons (Fsp3) is 0.500. The van der Waals surface area contributed by atoms with Crippen molar-refractivity contribution in [2.75, 3.05) is 6.54 Å². The van der Waals surface area contributed by atoms with Crippen molar-refractivity contribution in [3.8, 4) is 11.8 Å². The van der Waals surface area contributed by atoms with Crippen LogP contribution in [0.15, 0.2) is 0 Å². The SMILES string of the molecule is CC#CCN(C(=O)O)[C@H](C)C=O. The fourth-order valence-electron chi connectivity index (χ4n) is 0.624. The lowest BCUT2D eigenvalue weighted by Gasteiger charge is -2.18. The van der Waals surface area contributed by atoms with Crippen molar-refractivity contribution >= 4 is 12.4 Å². The van der Waals surface area contributed by atoms with Crippen molar-refractivity contribution < 1.29 is 14.7 Å². The van der Waals surface area contributed by atoms with Gasteiger partial charge in [0.15, 0.2) is 0 Å². The summed E-state index contributed by atoms with van der Waals surface area (Å²) in [6.07, 6.45) is -0.553. The first kappa shape index (κ1) is 10.5. The fourth-order valence-corrected chi connectivity index (χ4v) is 0.624. The third-order valence-electron chi connectivity index (χ3n) is 1.36. The summed E-state index contributed by atoms with van der Waals surface area (Å²) in [5, 5.41) is 8.60. The number of hydrogen-bond acceptors (Lipinski definition) is 2. The molecule has 66 valence electrons. The van der Waals surface area contributed by atoms with E-state index >= 15 is 0 Å². The van der Waals surface area contributed by atoms with Gasteiger partial charge < -0.3 is 9.90 Å². The van der Waals surface area contributed by atoms with Crippen LogP contribution in [0.3, 0.4) is 0 Å². The number of rotatable bonds is 3. The van der Waals surface area contributed by atoms with E-state index in [1.54, 1.807) is 6.92 Å². The van der Waals surface area contributed by atoms with Crippen LogP contribution in [-0.4, -0.2) is 35.0 Å². The average molecular weight is 169 g/mol. The summed E-state index contributed by atoms with van der Waals surface area (Å²) in [5.74, 6) is 5.14. The van der Waals surface area contributed by atoms with Crippen LogP contribution in [0.2, 0.25) is 0 Å².